The average Bonchev–Trinajstić information content (AvgIpc) is 2.71. The number of hydrogen-bond donors (Lipinski definition) is 1. The Balaban J connectivity index is 2.12. The third-order valence-electron chi connectivity index (χ3n) is 3.24. The molecule has 1 heterocycles. The lowest BCUT2D eigenvalue weighted by atomic mass is 10.1. The molecule has 0 aliphatic heterocycles. The Morgan fingerprint density at radius 3 is 2.65 bits per heavy atom. The van der Waals surface area contributed by atoms with Gasteiger partial charge in [-0.2, -0.15) is 5.10 Å². The number of carbonyl (C=O) groups is 1. The molecule has 0 saturated carbocycles. The first-order valence-corrected chi connectivity index (χ1v) is 8.23. The standard InChI is InChI=1S/C17H22BrN3O2/c1-11-6-7-14(18)9-13(11)10-21-12(2)8-15(20-21)19-16(22)23-17(3,4)5/h6-9H,10H2,1-5H3,(H,19,20,22). The highest BCUT2D eigenvalue weighted by atomic mass is 79.9. The van der Waals surface area contributed by atoms with Gasteiger partial charge in [0.2, 0.25) is 0 Å². The average molecular weight is 380 g/mol. The second-order valence-corrected chi connectivity index (χ2v) is 7.44. The van der Waals surface area contributed by atoms with Crippen LogP contribution in [0.15, 0.2) is 28.7 Å². The van der Waals surface area contributed by atoms with Crippen LogP contribution in [0, 0.1) is 13.8 Å². The molecule has 2 aromatic rings. The van der Waals surface area contributed by atoms with E-state index in [0.717, 1.165) is 10.2 Å². The van der Waals surface area contributed by atoms with E-state index in [1.54, 1.807) is 0 Å². The minimum atomic E-state index is -0.533. The van der Waals surface area contributed by atoms with E-state index >= 15 is 0 Å². The van der Waals surface area contributed by atoms with Gasteiger partial charge in [-0.25, -0.2) is 4.79 Å². The minimum absolute atomic E-state index is 0.490. The Morgan fingerprint density at radius 2 is 2.00 bits per heavy atom. The summed E-state index contributed by atoms with van der Waals surface area (Å²) in [6.07, 6.45) is -0.499. The first-order valence-electron chi connectivity index (χ1n) is 7.43. The summed E-state index contributed by atoms with van der Waals surface area (Å²) in [7, 11) is 0. The third-order valence-corrected chi connectivity index (χ3v) is 3.73. The lowest BCUT2D eigenvalue weighted by Crippen LogP contribution is -2.27. The summed E-state index contributed by atoms with van der Waals surface area (Å²) in [6.45, 7) is 10.2. The highest BCUT2D eigenvalue weighted by molar-refractivity contribution is 9.10. The lowest BCUT2D eigenvalue weighted by Gasteiger charge is -2.19. The summed E-state index contributed by atoms with van der Waals surface area (Å²) in [4.78, 5) is 11.8. The number of rotatable bonds is 3. The van der Waals surface area contributed by atoms with Gasteiger partial charge in [0, 0.05) is 16.2 Å². The molecule has 0 radical (unpaired) electrons. The highest BCUT2D eigenvalue weighted by Gasteiger charge is 2.17. The molecule has 5 nitrogen and oxygen atoms in total. The van der Waals surface area contributed by atoms with E-state index in [4.69, 9.17) is 4.74 Å². The summed E-state index contributed by atoms with van der Waals surface area (Å²) in [5, 5.41) is 7.10. The number of anilines is 1. The van der Waals surface area contributed by atoms with E-state index in [0.29, 0.717) is 12.4 Å². The first kappa shape index (κ1) is 17.5. The number of nitrogens with zero attached hydrogens (tertiary/aromatic N) is 2. The van der Waals surface area contributed by atoms with Gasteiger partial charge in [-0.3, -0.25) is 10.00 Å². The Morgan fingerprint density at radius 1 is 1.30 bits per heavy atom. The van der Waals surface area contributed by atoms with Gasteiger partial charge >= 0.3 is 6.09 Å². The number of halogens is 1. The van der Waals surface area contributed by atoms with E-state index < -0.39 is 11.7 Å². The van der Waals surface area contributed by atoms with Crippen LogP contribution in [0.4, 0.5) is 10.6 Å². The third kappa shape index (κ3) is 5.10. The zero-order valence-corrected chi connectivity index (χ0v) is 15.7. The van der Waals surface area contributed by atoms with E-state index in [1.165, 1.54) is 11.1 Å². The number of aryl methyl sites for hydroxylation is 2. The number of aromatic nitrogens is 2. The number of amides is 1. The zero-order chi connectivity index (χ0) is 17.2. The van der Waals surface area contributed by atoms with Crippen molar-refractivity contribution in [1.29, 1.82) is 0 Å². The second-order valence-electron chi connectivity index (χ2n) is 6.53. The molecule has 0 aliphatic rings. The van der Waals surface area contributed by atoms with E-state index in [9.17, 15) is 4.79 Å². The summed E-state index contributed by atoms with van der Waals surface area (Å²) in [6, 6.07) is 8.00. The molecule has 2 rings (SSSR count). The van der Waals surface area contributed by atoms with E-state index in [1.807, 2.05) is 44.5 Å². The smallest absolute Gasteiger partial charge is 0.413 e. The van der Waals surface area contributed by atoms with Gasteiger partial charge < -0.3 is 4.74 Å². The Labute approximate surface area is 145 Å². The Hall–Kier alpha value is -1.82. The maximum atomic E-state index is 11.8. The van der Waals surface area contributed by atoms with Crippen LogP contribution in [0.25, 0.3) is 0 Å². The summed E-state index contributed by atoms with van der Waals surface area (Å²) in [5.41, 5.74) is 2.81. The van der Waals surface area contributed by atoms with E-state index in [2.05, 4.69) is 45.4 Å². The molecule has 1 aromatic carbocycles. The van der Waals surface area contributed by atoms with Crippen molar-refractivity contribution in [1.82, 2.24) is 9.78 Å². The minimum Gasteiger partial charge on any atom is -0.444 e. The topological polar surface area (TPSA) is 56.2 Å². The largest absolute Gasteiger partial charge is 0.444 e. The molecular formula is C17H22BrN3O2. The lowest BCUT2D eigenvalue weighted by molar-refractivity contribution is 0.0635. The van der Waals surface area contributed by atoms with Gasteiger partial charge in [-0.05, 0) is 57.9 Å². The fraction of sp³-hybridized carbons (Fsp3) is 0.412. The summed E-state index contributed by atoms with van der Waals surface area (Å²) >= 11 is 3.49. The molecule has 0 fully saturated rings. The summed E-state index contributed by atoms with van der Waals surface area (Å²) in [5.74, 6) is 0.490. The molecule has 1 amide bonds. The van der Waals surface area contributed by atoms with Crippen LogP contribution in [-0.4, -0.2) is 21.5 Å². The fourth-order valence-electron chi connectivity index (χ4n) is 2.11. The van der Waals surface area contributed by atoms with Gasteiger partial charge in [-0.15, -0.1) is 0 Å². The quantitative estimate of drug-likeness (QED) is 0.843. The van der Waals surface area contributed by atoms with Crippen LogP contribution in [0.2, 0.25) is 0 Å². The van der Waals surface area contributed by atoms with Gasteiger partial charge in [0.05, 0.1) is 6.54 Å². The Bertz CT molecular complexity index is 717. The van der Waals surface area contributed by atoms with Crippen LogP contribution >= 0.6 is 15.9 Å². The fourth-order valence-corrected chi connectivity index (χ4v) is 2.52. The molecule has 0 saturated heterocycles. The molecule has 0 unspecified atom stereocenters. The van der Waals surface area contributed by atoms with Gasteiger partial charge in [-0.1, -0.05) is 22.0 Å². The van der Waals surface area contributed by atoms with Crippen LogP contribution < -0.4 is 5.32 Å². The number of ether oxygens (including phenoxy) is 1. The highest BCUT2D eigenvalue weighted by Crippen LogP contribution is 2.19. The van der Waals surface area contributed by atoms with Gasteiger partial charge in [0.25, 0.3) is 0 Å². The number of benzene rings is 1. The van der Waals surface area contributed by atoms with Crippen molar-refractivity contribution in [2.24, 2.45) is 0 Å². The van der Waals surface area contributed by atoms with Crippen molar-refractivity contribution in [2.75, 3.05) is 5.32 Å². The van der Waals surface area contributed by atoms with Crippen molar-refractivity contribution < 1.29 is 9.53 Å². The number of nitrogens with one attached hydrogen (secondary N) is 1. The monoisotopic (exact) mass is 379 g/mol. The van der Waals surface area contributed by atoms with Crippen LogP contribution in [0.3, 0.4) is 0 Å². The van der Waals surface area contributed by atoms with Crippen molar-refractivity contribution in [3.8, 4) is 0 Å². The van der Waals surface area contributed by atoms with Gasteiger partial charge in [0.1, 0.15) is 5.60 Å². The maximum absolute atomic E-state index is 11.8. The zero-order valence-electron chi connectivity index (χ0n) is 14.1. The van der Waals surface area contributed by atoms with Crippen LogP contribution in [0.1, 0.15) is 37.6 Å². The van der Waals surface area contributed by atoms with Gasteiger partial charge in [0.15, 0.2) is 5.82 Å². The molecule has 6 heteroatoms. The summed E-state index contributed by atoms with van der Waals surface area (Å²) < 4.78 is 8.14. The molecule has 0 spiro atoms. The second kappa shape index (κ2) is 6.74. The predicted octanol–water partition coefficient (Wildman–Crippen LogP) is 4.66. The van der Waals surface area contributed by atoms with Crippen LogP contribution in [0.5, 0.6) is 0 Å². The molecule has 1 aromatic heterocycles. The first-order chi connectivity index (χ1) is 10.6. The van der Waals surface area contributed by atoms with Crippen molar-refractivity contribution in [3.05, 3.63) is 45.6 Å². The normalized spacial score (nSPS) is 11.4. The van der Waals surface area contributed by atoms with Crippen molar-refractivity contribution in [2.45, 2.75) is 46.8 Å². The van der Waals surface area contributed by atoms with Crippen molar-refractivity contribution >= 4 is 27.8 Å². The molecular weight excluding hydrogens is 358 g/mol. The molecule has 0 atom stereocenters. The van der Waals surface area contributed by atoms with E-state index in [-0.39, 0.29) is 0 Å². The SMILES string of the molecule is Cc1ccc(Br)cc1Cn1nc(NC(=O)OC(C)(C)C)cc1C. The molecule has 23 heavy (non-hydrogen) atoms. The number of hydrogen-bond acceptors (Lipinski definition) is 3. The Kier molecular flexibility index (Phi) is 5.14. The van der Waals surface area contributed by atoms with Crippen molar-refractivity contribution in [3.63, 3.8) is 0 Å². The molecule has 0 aliphatic carbocycles. The van der Waals surface area contributed by atoms with Crippen LogP contribution in [-0.2, 0) is 11.3 Å². The predicted molar refractivity (Wildman–Crippen MR) is 94.8 cm³/mol. The number of carbonyl (C=O) groups excluding carboxylic acids is 1. The molecule has 1 N–H and O–H groups in total. The maximum Gasteiger partial charge on any atom is 0.413 e. The molecule has 0 bridgehead atoms. The molecule has 124 valence electrons.